The Morgan fingerprint density at radius 1 is 0.632 bits per heavy atom. The van der Waals surface area contributed by atoms with Crippen molar-refractivity contribution in [1.29, 1.82) is 0 Å². The Morgan fingerprint density at radius 3 is 1.16 bits per heavy atom. The van der Waals surface area contributed by atoms with E-state index in [9.17, 15) is 43.9 Å². The molecule has 0 aliphatic heterocycles. The Morgan fingerprint density at radius 2 is 0.947 bits per heavy atom. The molecule has 0 saturated heterocycles. The number of halogens is 10. The number of hydrogen-bond donors (Lipinski definition) is 0. The molecule has 0 N–H and O–H groups in total. The van der Waals surface area contributed by atoms with Crippen molar-refractivity contribution in [3.8, 4) is 0 Å². The minimum atomic E-state index is -6.63. The molecule has 1 atom stereocenters. The SMILES string of the molecule is CC(C)C(F)(F)C(F)(F)C(F)(F)C(C)(F)C(F)(F)F. The van der Waals surface area contributed by atoms with Crippen LogP contribution in [-0.2, 0) is 0 Å². The standard InChI is InChI=1S/C9H10F10/c1-4(2)6(11,12)8(15,16)7(13,14)5(3,10)9(17,18)19/h4H,1-3H3. The minimum Gasteiger partial charge on any atom is -0.227 e. The van der Waals surface area contributed by atoms with E-state index in [1.807, 2.05) is 0 Å². The summed E-state index contributed by atoms with van der Waals surface area (Å²) in [5, 5.41) is 0. The van der Waals surface area contributed by atoms with Gasteiger partial charge in [0.15, 0.2) is 0 Å². The average Bonchev–Trinajstić information content (AvgIpc) is 2.14. The summed E-state index contributed by atoms with van der Waals surface area (Å²) >= 11 is 0. The van der Waals surface area contributed by atoms with Crippen LogP contribution in [0.4, 0.5) is 43.9 Å². The van der Waals surface area contributed by atoms with Gasteiger partial charge in [0.2, 0.25) is 0 Å². The zero-order valence-corrected chi connectivity index (χ0v) is 9.86. The van der Waals surface area contributed by atoms with Crippen molar-refractivity contribution in [2.45, 2.75) is 50.4 Å². The van der Waals surface area contributed by atoms with Gasteiger partial charge >= 0.3 is 23.9 Å². The van der Waals surface area contributed by atoms with Crippen LogP contribution in [0.15, 0.2) is 0 Å². The molecule has 10 heteroatoms. The number of hydrogen-bond acceptors (Lipinski definition) is 0. The monoisotopic (exact) mass is 308 g/mol. The van der Waals surface area contributed by atoms with Gasteiger partial charge in [0, 0.05) is 5.92 Å². The Bertz CT molecular complexity index is 324. The normalized spacial score (nSPS) is 18.6. The predicted octanol–water partition coefficient (Wildman–Crippen LogP) is 4.84. The molecule has 0 aromatic heterocycles. The lowest BCUT2D eigenvalue weighted by molar-refractivity contribution is -0.390. The van der Waals surface area contributed by atoms with Gasteiger partial charge in [-0.05, 0) is 6.92 Å². The summed E-state index contributed by atoms with van der Waals surface area (Å²) in [5.41, 5.74) is -5.80. The van der Waals surface area contributed by atoms with Crippen LogP contribution in [0.5, 0.6) is 0 Å². The highest BCUT2D eigenvalue weighted by Crippen LogP contribution is 2.57. The molecule has 116 valence electrons. The molecule has 0 fully saturated rings. The highest BCUT2D eigenvalue weighted by atomic mass is 19.4. The maximum absolute atomic E-state index is 13.0. The third-order valence-corrected chi connectivity index (χ3v) is 2.66. The van der Waals surface area contributed by atoms with Crippen LogP contribution in [0.1, 0.15) is 20.8 Å². The van der Waals surface area contributed by atoms with Crippen molar-refractivity contribution in [3.63, 3.8) is 0 Å². The van der Waals surface area contributed by atoms with Crippen molar-refractivity contribution in [2.24, 2.45) is 5.92 Å². The van der Waals surface area contributed by atoms with Crippen LogP contribution < -0.4 is 0 Å². The predicted molar refractivity (Wildman–Crippen MR) is 45.2 cm³/mol. The van der Waals surface area contributed by atoms with E-state index < -0.39 is 42.5 Å². The quantitative estimate of drug-likeness (QED) is 0.652. The fourth-order valence-electron chi connectivity index (χ4n) is 1.04. The Kier molecular flexibility index (Phi) is 4.24. The molecule has 0 bridgehead atoms. The molecule has 0 heterocycles. The minimum absolute atomic E-state index is 0.396. The molecule has 0 spiro atoms. The number of alkyl halides is 10. The smallest absolute Gasteiger partial charge is 0.227 e. The van der Waals surface area contributed by atoms with Crippen molar-refractivity contribution >= 4 is 0 Å². The van der Waals surface area contributed by atoms with E-state index in [4.69, 9.17) is 0 Å². The van der Waals surface area contributed by atoms with E-state index in [0.717, 1.165) is 0 Å². The fraction of sp³-hybridized carbons (Fsp3) is 1.00. The highest BCUT2D eigenvalue weighted by Gasteiger charge is 2.84. The zero-order chi connectivity index (χ0) is 16.1. The van der Waals surface area contributed by atoms with Gasteiger partial charge in [-0.3, -0.25) is 0 Å². The first-order valence-electron chi connectivity index (χ1n) is 4.83. The molecule has 0 saturated carbocycles. The van der Waals surface area contributed by atoms with Gasteiger partial charge in [-0.2, -0.15) is 39.5 Å². The lowest BCUT2D eigenvalue weighted by Crippen LogP contribution is -2.67. The maximum Gasteiger partial charge on any atom is 0.428 e. The Labute approximate surface area is 101 Å². The van der Waals surface area contributed by atoms with Gasteiger partial charge in [-0.15, -0.1) is 0 Å². The van der Waals surface area contributed by atoms with Crippen LogP contribution in [0.25, 0.3) is 0 Å². The summed E-state index contributed by atoms with van der Waals surface area (Å²) in [6.45, 7) is -0.113. The first kappa shape index (κ1) is 18.3. The second kappa shape index (κ2) is 4.41. The highest BCUT2D eigenvalue weighted by molar-refractivity contribution is 5.09. The van der Waals surface area contributed by atoms with Crippen LogP contribution in [0, 0.1) is 5.92 Å². The third-order valence-electron chi connectivity index (χ3n) is 2.66. The summed E-state index contributed by atoms with van der Waals surface area (Å²) in [4.78, 5) is 0. The largest absolute Gasteiger partial charge is 0.428 e. The fourth-order valence-corrected chi connectivity index (χ4v) is 1.04. The third kappa shape index (κ3) is 2.37. The molecule has 1 unspecified atom stereocenters. The van der Waals surface area contributed by atoms with E-state index in [-0.39, 0.29) is 0 Å². The van der Waals surface area contributed by atoms with Gasteiger partial charge in [-0.25, -0.2) is 4.39 Å². The molecule has 0 radical (unpaired) electrons. The van der Waals surface area contributed by atoms with Gasteiger partial charge in [-0.1, -0.05) is 13.8 Å². The molecule has 0 aromatic carbocycles. The van der Waals surface area contributed by atoms with Crippen LogP contribution in [-0.4, -0.2) is 29.6 Å². The molecule has 19 heavy (non-hydrogen) atoms. The summed E-state index contributed by atoms with van der Waals surface area (Å²) < 4.78 is 127. The van der Waals surface area contributed by atoms with Crippen LogP contribution in [0.3, 0.4) is 0 Å². The summed E-state index contributed by atoms with van der Waals surface area (Å²) in [7, 11) is 0. The lowest BCUT2D eigenvalue weighted by Gasteiger charge is -2.40. The van der Waals surface area contributed by atoms with Gasteiger partial charge in [0.05, 0.1) is 0 Å². The van der Waals surface area contributed by atoms with E-state index >= 15 is 0 Å². The van der Waals surface area contributed by atoms with Crippen molar-refractivity contribution < 1.29 is 43.9 Å². The first-order valence-corrected chi connectivity index (χ1v) is 4.83. The van der Waals surface area contributed by atoms with Crippen molar-refractivity contribution in [1.82, 2.24) is 0 Å². The maximum atomic E-state index is 13.0. The van der Waals surface area contributed by atoms with Gasteiger partial charge in [0.25, 0.3) is 5.67 Å². The molecule has 0 nitrogen and oxygen atoms in total. The molecule has 0 aromatic rings. The van der Waals surface area contributed by atoms with Crippen molar-refractivity contribution in [2.75, 3.05) is 0 Å². The van der Waals surface area contributed by atoms with Crippen LogP contribution in [0.2, 0.25) is 0 Å². The molecular formula is C9H10F10. The lowest BCUT2D eigenvalue weighted by atomic mass is 9.86. The van der Waals surface area contributed by atoms with E-state index in [0.29, 0.717) is 13.8 Å². The van der Waals surface area contributed by atoms with Gasteiger partial charge < -0.3 is 0 Å². The molecule has 0 aliphatic rings. The first-order chi connectivity index (χ1) is 7.94. The summed E-state index contributed by atoms with van der Waals surface area (Å²) in [6, 6.07) is 0. The Balaban J connectivity index is 5.92. The summed E-state index contributed by atoms with van der Waals surface area (Å²) in [6.07, 6.45) is -6.44. The van der Waals surface area contributed by atoms with E-state index in [1.165, 1.54) is 0 Å². The van der Waals surface area contributed by atoms with Crippen molar-refractivity contribution in [3.05, 3.63) is 0 Å². The Hall–Kier alpha value is -0.700. The van der Waals surface area contributed by atoms with Gasteiger partial charge in [0.1, 0.15) is 0 Å². The molecular weight excluding hydrogens is 298 g/mol. The van der Waals surface area contributed by atoms with E-state index in [1.54, 1.807) is 0 Å². The van der Waals surface area contributed by atoms with E-state index in [2.05, 4.69) is 0 Å². The second-order valence-electron chi connectivity index (χ2n) is 4.43. The van der Waals surface area contributed by atoms with Crippen LogP contribution >= 0.6 is 0 Å². The molecule has 0 aliphatic carbocycles. The average molecular weight is 308 g/mol. The summed E-state index contributed by atoms with van der Waals surface area (Å²) in [5.74, 6) is -21.1. The molecule has 0 rings (SSSR count). The second-order valence-corrected chi connectivity index (χ2v) is 4.43. The zero-order valence-electron chi connectivity index (χ0n) is 9.86. The number of rotatable bonds is 4. The molecule has 0 amide bonds. The topological polar surface area (TPSA) is 0 Å².